The number of hydrogen-bond donors (Lipinski definition) is 1. The number of methoxy groups -OCH3 is 2. The van der Waals surface area contributed by atoms with Crippen molar-refractivity contribution in [1.29, 1.82) is 0 Å². The van der Waals surface area contributed by atoms with Crippen molar-refractivity contribution < 1.29 is 28.6 Å². The summed E-state index contributed by atoms with van der Waals surface area (Å²) < 4.78 is 15.0. The maximum absolute atomic E-state index is 12.3. The number of esters is 2. The molecular weight excluding hydrogens is 364 g/mol. The second kappa shape index (κ2) is 8.88. The van der Waals surface area contributed by atoms with E-state index in [4.69, 9.17) is 14.2 Å². The lowest BCUT2D eigenvalue weighted by Crippen LogP contribution is -2.38. The van der Waals surface area contributed by atoms with Gasteiger partial charge in [0, 0.05) is 17.3 Å². The highest BCUT2D eigenvalue weighted by molar-refractivity contribution is 6.03. The van der Waals surface area contributed by atoms with E-state index in [1.54, 1.807) is 29.2 Å². The Morgan fingerprint density at radius 2 is 1.68 bits per heavy atom. The van der Waals surface area contributed by atoms with Crippen LogP contribution in [0.2, 0.25) is 0 Å². The van der Waals surface area contributed by atoms with Crippen LogP contribution in [0, 0.1) is 5.92 Å². The molecule has 0 radical (unpaired) electrons. The quantitative estimate of drug-likeness (QED) is 0.773. The lowest BCUT2D eigenvalue weighted by molar-refractivity contribution is -0.140. The first-order valence-corrected chi connectivity index (χ1v) is 9.21. The van der Waals surface area contributed by atoms with Crippen LogP contribution in [-0.4, -0.2) is 45.4 Å². The molecule has 1 amide bonds. The van der Waals surface area contributed by atoms with E-state index < -0.39 is 11.9 Å². The third kappa shape index (κ3) is 4.17. The molecule has 150 valence electrons. The van der Waals surface area contributed by atoms with E-state index in [2.05, 4.69) is 5.32 Å². The summed E-state index contributed by atoms with van der Waals surface area (Å²) in [5.41, 5.74) is 1.48. The summed E-state index contributed by atoms with van der Waals surface area (Å²) in [4.78, 5) is 38.1. The number of carbonyl (C=O) groups excluding carboxylic acids is 3. The third-order valence-electron chi connectivity index (χ3n) is 5.01. The van der Waals surface area contributed by atoms with Crippen LogP contribution in [0.5, 0.6) is 0 Å². The summed E-state index contributed by atoms with van der Waals surface area (Å²) in [5, 5.41) is 2.93. The van der Waals surface area contributed by atoms with E-state index in [-0.39, 0.29) is 36.4 Å². The van der Waals surface area contributed by atoms with Crippen LogP contribution in [0.4, 0.5) is 11.4 Å². The summed E-state index contributed by atoms with van der Waals surface area (Å²) in [6.45, 7) is 0.0435. The first-order valence-electron chi connectivity index (χ1n) is 9.21. The maximum Gasteiger partial charge on any atom is 0.355 e. The lowest BCUT2D eigenvalue weighted by Gasteiger charge is -2.31. The van der Waals surface area contributed by atoms with Gasteiger partial charge in [-0.15, -0.1) is 0 Å². The second-order valence-electron chi connectivity index (χ2n) is 6.73. The molecule has 0 spiro atoms. The van der Waals surface area contributed by atoms with E-state index in [1.807, 2.05) is 0 Å². The number of ether oxygens (including phenoxy) is 3. The molecule has 0 aromatic heterocycles. The molecule has 28 heavy (non-hydrogen) atoms. The van der Waals surface area contributed by atoms with Crippen molar-refractivity contribution in [3.63, 3.8) is 0 Å². The van der Waals surface area contributed by atoms with Crippen molar-refractivity contribution in [2.75, 3.05) is 37.8 Å². The van der Waals surface area contributed by atoms with Crippen molar-refractivity contribution in [3.8, 4) is 0 Å². The van der Waals surface area contributed by atoms with E-state index in [0.717, 1.165) is 25.7 Å². The number of nitrogens with one attached hydrogen (secondary N) is 1. The van der Waals surface area contributed by atoms with Crippen molar-refractivity contribution in [2.24, 2.45) is 5.92 Å². The lowest BCUT2D eigenvalue weighted by atomic mass is 10.1. The van der Waals surface area contributed by atoms with Crippen LogP contribution >= 0.6 is 0 Å². The van der Waals surface area contributed by atoms with Gasteiger partial charge in [0.25, 0.3) is 0 Å². The Bertz CT molecular complexity index is 780. The normalized spacial score (nSPS) is 17.4. The zero-order valence-corrected chi connectivity index (χ0v) is 16.0. The van der Waals surface area contributed by atoms with Gasteiger partial charge in [-0.25, -0.2) is 9.59 Å². The third-order valence-corrected chi connectivity index (χ3v) is 5.01. The highest BCUT2D eigenvalue weighted by Crippen LogP contribution is 2.29. The molecule has 1 aromatic carbocycles. The van der Waals surface area contributed by atoms with Gasteiger partial charge in [-0.3, -0.25) is 4.79 Å². The Labute approximate surface area is 163 Å². The summed E-state index contributed by atoms with van der Waals surface area (Å²) >= 11 is 0. The van der Waals surface area contributed by atoms with Crippen molar-refractivity contribution >= 4 is 29.2 Å². The van der Waals surface area contributed by atoms with Crippen LogP contribution in [0.3, 0.4) is 0 Å². The molecular formula is C20H24N2O6. The summed E-state index contributed by atoms with van der Waals surface area (Å²) in [6, 6.07) is 7.00. The average molecular weight is 388 g/mol. The molecule has 1 heterocycles. The highest BCUT2D eigenvalue weighted by Gasteiger charge is 2.32. The maximum atomic E-state index is 12.3. The number of hydrogen-bond acceptors (Lipinski definition) is 7. The smallest absolute Gasteiger partial charge is 0.355 e. The van der Waals surface area contributed by atoms with Gasteiger partial charge in [0.05, 0.1) is 26.4 Å². The Morgan fingerprint density at radius 3 is 2.29 bits per heavy atom. The molecule has 1 N–H and O–H groups in total. The molecule has 0 atom stereocenters. The van der Waals surface area contributed by atoms with E-state index in [9.17, 15) is 14.4 Å². The van der Waals surface area contributed by atoms with Gasteiger partial charge in [-0.2, -0.15) is 0 Å². The number of rotatable bonds is 5. The molecule has 1 aliphatic carbocycles. The molecule has 1 aromatic rings. The van der Waals surface area contributed by atoms with Gasteiger partial charge in [0.15, 0.2) is 0 Å². The van der Waals surface area contributed by atoms with Gasteiger partial charge >= 0.3 is 11.9 Å². The molecule has 0 saturated heterocycles. The predicted molar refractivity (Wildman–Crippen MR) is 101 cm³/mol. The Kier molecular flexibility index (Phi) is 6.30. The van der Waals surface area contributed by atoms with Gasteiger partial charge < -0.3 is 24.4 Å². The van der Waals surface area contributed by atoms with Gasteiger partial charge in [-0.05, 0) is 37.1 Å². The fourth-order valence-corrected chi connectivity index (χ4v) is 3.50. The Balaban J connectivity index is 1.81. The minimum Gasteiger partial charge on any atom is -0.466 e. The van der Waals surface area contributed by atoms with Gasteiger partial charge in [0.2, 0.25) is 5.91 Å². The molecule has 3 rings (SSSR count). The van der Waals surface area contributed by atoms with Crippen molar-refractivity contribution in [3.05, 3.63) is 35.5 Å². The minimum absolute atomic E-state index is 0.0367. The minimum atomic E-state index is -0.651. The SMILES string of the molecule is COC(=O)C1=C(C(=O)OC)N(c2ccc(NC(=O)C3CCCC3)cc2)COC1. The second-order valence-corrected chi connectivity index (χ2v) is 6.73. The van der Waals surface area contributed by atoms with Crippen LogP contribution < -0.4 is 10.2 Å². The van der Waals surface area contributed by atoms with Gasteiger partial charge in [-0.1, -0.05) is 12.8 Å². The van der Waals surface area contributed by atoms with E-state index in [1.165, 1.54) is 14.2 Å². The predicted octanol–water partition coefficient (Wildman–Crippen LogP) is 2.21. The highest BCUT2D eigenvalue weighted by atomic mass is 16.5. The summed E-state index contributed by atoms with van der Waals surface area (Å²) in [5.74, 6) is -1.19. The van der Waals surface area contributed by atoms with Crippen LogP contribution in [0.25, 0.3) is 0 Å². The molecule has 0 unspecified atom stereocenters. The van der Waals surface area contributed by atoms with Crippen LogP contribution in [-0.2, 0) is 28.6 Å². The van der Waals surface area contributed by atoms with Crippen molar-refractivity contribution in [1.82, 2.24) is 0 Å². The average Bonchev–Trinajstić information content (AvgIpc) is 3.27. The number of nitrogens with zero attached hydrogens (tertiary/aromatic N) is 1. The molecule has 2 aliphatic rings. The topological polar surface area (TPSA) is 94.2 Å². The number of carbonyl (C=O) groups is 3. The summed E-state index contributed by atoms with van der Waals surface area (Å²) in [7, 11) is 2.49. The van der Waals surface area contributed by atoms with Crippen molar-refractivity contribution in [2.45, 2.75) is 25.7 Å². The molecule has 1 saturated carbocycles. The number of anilines is 2. The Morgan fingerprint density at radius 1 is 1.04 bits per heavy atom. The fourth-order valence-electron chi connectivity index (χ4n) is 3.50. The van der Waals surface area contributed by atoms with Crippen LogP contribution in [0.1, 0.15) is 25.7 Å². The van der Waals surface area contributed by atoms with Gasteiger partial charge in [0.1, 0.15) is 12.4 Å². The first kappa shape index (κ1) is 19.9. The summed E-state index contributed by atoms with van der Waals surface area (Å²) in [6.07, 6.45) is 4.05. The van der Waals surface area contributed by atoms with E-state index in [0.29, 0.717) is 11.4 Å². The zero-order valence-electron chi connectivity index (χ0n) is 16.0. The molecule has 1 fully saturated rings. The monoisotopic (exact) mass is 388 g/mol. The standard InChI is InChI=1S/C20H24N2O6/c1-26-19(24)16-11-28-12-22(17(16)20(25)27-2)15-9-7-14(8-10-15)21-18(23)13-5-3-4-6-13/h7-10,13H,3-6,11-12H2,1-2H3,(H,21,23). The largest absolute Gasteiger partial charge is 0.466 e. The fraction of sp³-hybridized carbons (Fsp3) is 0.450. The molecule has 8 nitrogen and oxygen atoms in total. The van der Waals surface area contributed by atoms with Crippen LogP contribution in [0.15, 0.2) is 35.5 Å². The molecule has 8 heteroatoms. The first-order chi connectivity index (χ1) is 13.5. The Hall–Kier alpha value is -2.87. The van der Waals surface area contributed by atoms with E-state index >= 15 is 0 Å². The molecule has 0 bridgehead atoms. The zero-order chi connectivity index (χ0) is 20.1. The molecule has 1 aliphatic heterocycles. The number of benzene rings is 1. The number of amides is 1.